The molecule has 8 rings (SSSR count). The van der Waals surface area contributed by atoms with Crippen LogP contribution >= 0.6 is 23.2 Å². The Morgan fingerprint density at radius 1 is 0.571 bits per heavy atom. The zero-order chi connectivity index (χ0) is 38.8. The van der Waals surface area contributed by atoms with Gasteiger partial charge in [0.05, 0.1) is 56.6 Å². The van der Waals surface area contributed by atoms with Crippen LogP contribution in [0, 0.1) is 0 Å². The molecule has 0 spiro atoms. The first-order valence-corrected chi connectivity index (χ1v) is 18.7. The van der Waals surface area contributed by atoms with Crippen LogP contribution in [0.3, 0.4) is 0 Å². The standard InChI is InChI=1S/C46H38Cl2N4O4/c1-53-33-17-9-13-29(25-33)41-42(30-14-10-18-34(26-30)54-2)51-46(50-41,38-22-6-8-24-40(38)48)52-44(32-16-12-20-36(28-32)56-4)43(31-15-11-19-35(27-31)55-3)49-45(52)37-21-5-7-23-39(37)47/h5-28,41,50H,1-4H3. The molecular formula is C46H38Cl2N4O4. The van der Waals surface area contributed by atoms with Crippen LogP contribution in [0.2, 0.25) is 10.0 Å². The van der Waals surface area contributed by atoms with Gasteiger partial charge in [0.15, 0.2) is 0 Å². The number of rotatable bonds is 11. The lowest BCUT2D eigenvalue weighted by atomic mass is 9.96. The third-order valence-corrected chi connectivity index (χ3v) is 10.6. The van der Waals surface area contributed by atoms with Gasteiger partial charge in [0.2, 0.25) is 5.79 Å². The van der Waals surface area contributed by atoms with E-state index in [4.69, 9.17) is 52.1 Å². The molecule has 0 bridgehead atoms. The van der Waals surface area contributed by atoms with Crippen molar-refractivity contribution in [3.8, 4) is 56.9 Å². The number of nitrogens with zero attached hydrogens (tertiary/aromatic N) is 3. The van der Waals surface area contributed by atoms with Gasteiger partial charge in [-0.3, -0.25) is 9.88 Å². The van der Waals surface area contributed by atoms with Crippen LogP contribution in [0.5, 0.6) is 23.0 Å². The minimum Gasteiger partial charge on any atom is -0.497 e. The smallest absolute Gasteiger partial charge is 0.222 e. The highest BCUT2D eigenvalue weighted by atomic mass is 35.5. The van der Waals surface area contributed by atoms with Crippen LogP contribution in [0.4, 0.5) is 0 Å². The van der Waals surface area contributed by atoms with Crippen molar-refractivity contribution in [2.75, 3.05) is 28.4 Å². The lowest BCUT2D eigenvalue weighted by molar-refractivity contribution is 0.308. The molecule has 56 heavy (non-hydrogen) atoms. The average Bonchev–Trinajstić information content (AvgIpc) is 3.85. The molecule has 2 unspecified atom stereocenters. The molecule has 2 atom stereocenters. The molecule has 2 heterocycles. The summed E-state index contributed by atoms with van der Waals surface area (Å²) in [6, 6.07) is 46.6. The SMILES string of the molecule is COc1cccc(C2=NC(c3ccccc3Cl)(n3c(-c4ccccc4Cl)nc(-c4cccc(OC)c4)c3-c3cccc(OC)c3)NC2c2cccc(OC)c2)c1. The number of hydrogen-bond acceptors (Lipinski definition) is 7. The van der Waals surface area contributed by atoms with Gasteiger partial charge >= 0.3 is 0 Å². The lowest BCUT2D eigenvalue weighted by Crippen LogP contribution is -2.46. The first kappa shape index (κ1) is 36.9. The Kier molecular flexibility index (Phi) is 10.3. The van der Waals surface area contributed by atoms with Crippen molar-refractivity contribution in [2.45, 2.75) is 11.8 Å². The van der Waals surface area contributed by atoms with E-state index in [-0.39, 0.29) is 0 Å². The van der Waals surface area contributed by atoms with E-state index in [1.165, 1.54) is 0 Å². The van der Waals surface area contributed by atoms with Crippen LogP contribution in [0.25, 0.3) is 33.9 Å². The molecule has 7 aromatic rings. The van der Waals surface area contributed by atoms with Crippen molar-refractivity contribution in [1.82, 2.24) is 14.9 Å². The maximum absolute atomic E-state index is 7.32. The van der Waals surface area contributed by atoms with Gasteiger partial charge in [0.1, 0.15) is 28.8 Å². The van der Waals surface area contributed by atoms with E-state index in [9.17, 15) is 0 Å². The van der Waals surface area contributed by atoms with Crippen molar-refractivity contribution < 1.29 is 18.9 Å². The molecule has 0 aliphatic carbocycles. The largest absolute Gasteiger partial charge is 0.497 e. The molecule has 1 aliphatic rings. The number of hydrogen-bond donors (Lipinski definition) is 1. The summed E-state index contributed by atoms with van der Waals surface area (Å²) in [7, 11) is 6.62. The van der Waals surface area contributed by atoms with E-state index >= 15 is 0 Å². The Morgan fingerprint density at radius 3 is 1.75 bits per heavy atom. The van der Waals surface area contributed by atoms with E-state index in [1.54, 1.807) is 28.4 Å². The first-order valence-electron chi connectivity index (χ1n) is 17.9. The van der Waals surface area contributed by atoms with Crippen molar-refractivity contribution in [1.29, 1.82) is 0 Å². The van der Waals surface area contributed by atoms with Crippen LogP contribution in [0.15, 0.2) is 151 Å². The van der Waals surface area contributed by atoms with Crippen molar-refractivity contribution in [3.05, 3.63) is 172 Å². The molecule has 0 saturated carbocycles. The highest BCUT2D eigenvalue weighted by Gasteiger charge is 2.49. The summed E-state index contributed by atoms with van der Waals surface area (Å²) in [6.07, 6.45) is 0. The van der Waals surface area contributed by atoms with Gasteiger partial charge in [-0.05, 0) is 72.3 Å². The fraction of sp³-hybridized carbons (Fsp3) is 0.130. The number of nitrogens with one attached hydrogen (secondary N) is 1. The Balaban J connectivity index is 1.56. The van der Waals surface area contributed by atoms with Gasteiger partial charge in [-0.15, -0.1) is 0 Å². The summed E-state index contributed by atoms with van der Waals surface area (Å²) in [5, 5.41) is 5.04. The molecule has 0 radical (unpaired) electrons. The summed E-state index contributed by atoms with van der Waals surface area (Å²) in [5.41, 5.74) is 6.97. The third-order valence-electron chi connectivity index (χ3n) is 9.95. The summed E-state index contributed by atoms with van der Waals surface area (Å²) in [4.78, 5) is 11.3. The quantitative estimate of drug-likeness (QED) is 0.141. The summed E-state index contributed by atoms with van der Waals surface area (Å²) in [6.45, 7) is 0. The maximum atomic E-state index is 7.32. The normalized spacial score (nSPS) is 16.3. The topological polar surface area (TPSA) is 79.1 Å². The van der Waals surface area contributed by atoms with Gasteiger partial charge in [-0.25, -0.2) is 9.98 Å². The van der Waals surface area contributed by atoms with E-state index in [2.05, 4.69) is 16.0 Å². The zero-order valence-electron chi connectivity index (χ0n) is 31.2. The van der Waals surface area contributed by atoms with Crippen molar-refractivity contribution in [3.63, 3.8) is 0 Å². The van der Waals surface area contributed by atoms with E-state index in [0.29, 0.717) is 55.7 Å². The predicted octanol–water partition coefficient (Wildman–Crippen LogP) is 10.7. The average molecular weight is 782 g/mol. The molecule has 8 nitrogen and oxygen atoms in total. The van der Waals surface area contributed by atoms with Crippen molar-refractivity contribution >= 4 is 28.9 Å². The van der Waals surface area contributed by atoms with Crippen molar-refractivity contribution in [2.24, 2.45) is 4.99 Å². The molecule has 280 valence electrons. The molecule has 1 aromatic heterocycles. The molecule has 0 amide bonds. The number of ether oxygens (including phenoxy) is 4. The Labute approximate surface area is 335 Å². The van der Waals surface area contributed by atoms with Gasteiger partial charge in [0.25, 0.3) is 0 Å². The summed E-state index contributed by atoms with van der Waals surface area (Å²) < 4.78 is 25.1. The number of aromatic nitrogens is 2. The fourth-order valence-electron chi connectivity index (χ4n) is 7.30. The minimum atomic E-state index is -1.43. The van der Waals surface area contributed by atoms with Gasteiger partial charge in [0, 0.05) is 32.8 Å². The molecule has 0 fully saturated rings. The highest BCUT2D eigenvalue weighted by Crippen LogP contribution is 2.49. The number of halogens is 2. The Morgan fingerprint density at radius 2 is 1.11 bits per heavy atom. The van der Waals surface area contributed by atoms with Crippen LogP contribution in [-0.4, -0.2) is 43.7 Å². The van der Waals surface area contributed by atoms with Gasteiger partial charge in [-0.1, -0.05) is 102 Å². The van der Waals surface area contributed by atoms with E-state index in [0.717, 1.165) is 33.7 Å². The lowest BCUT2D eigenvalue weighted by Gasteiger charge is -2.34. The molecule has 1 N–H and O–H groups in total. The van der Waals surface area contributed by atoms with Crippen LogP contribution in [0.1, 0.15) is 22.7 Å². The second-order valence-electron chi connectivity index (χ2n) is 13.1. The third kappa shape index (κ3) is 6.66. The molecule has 1 aliphatic heterocycles. The summed E-state index contributed by atoms with van der Waals surface area (Å²) in [5.74, 6) is 1.89. The van der Waals surface area contributed by atoms with E-state index in [1.807, 2.05) is 140 Å². The Bertz CT molecular complexity index is 2590. The second-order valence-corrected chi connectivity index (χ2v) is 14.0. The first-order chi connectivity index (χ1) is 27.4. The number of methoxy groups -OCH3 is 4. The number of imidazole rings is 1. The van der Waals surface area contributed by atoms with Crippen LogP contribution in [-0.2, 0) is 5.79 Å². The zero-order valence-corrected chi connectivity index (χ0v) is 32.7. The molecule has 10 heteroatoms. The number of benzene rings is 6. The summed E-state index contributed by atoms with van der Waals surface area (Å²) >= 11 is 14.4. The molecule has 6 aromatic carbocycles. The second kappa shape index (κ2) is 15.6. The van der Waals surface area contributed by atoms with E-state index < -0.39 is 11.8 Å². The molecular weight excluding hydrogens is 743 g/mol. The predicted molar refractivity (Wildman–Crippen MR) is 224 cm³/mol. The monoisotopic (exact) mass is 780 g/mol. The number of aliphatic imine (C=N–C) groups is 1. The molecule has 0 saturated heterocycles. The van der Waals surface area contributed by atoms with Gasteiger partial charge < -0.3 is 18.9 Å². The minimum absolute atomic E-state index is 0.478. The fourth-order valence-corrected chi connectivity index (χ4v) is 7.79. The Hall–Kier alpha value is -6.06. The maximum Gasteiger partial charge on any atom is 0.222 e. The highest BCUT2D eigenvalue weighted by molar-refractivity contribution is 6.33. The van der Waals surface area contributed by atoms with Gasteiger partial charge in [-0.2, -0.15) is 0 Å². The van der Waals surface area contributed by atoms with Crippen LogP contribution < -0.4 is 24.3 Å².